The zero-order valence-electron chi connectivity index (χ0n) is 38.6. The van der Waals surface area contributed by atoms with Crippen molar-refractivity contribution in [1.29, 1.82) is 0 Å². The van der Waals surface area contributed by atoms with Crippen LogP contribution in [0.2, 0.25) is 0 Å². The molecule has 2 aliphatic carbocycles. The molecule has 340 valence electrons. The van der Waals surface area contributed by atoms with Gasteiger partial charge < -0.3 is 56.8 Å². The Morgan fingerprint density at radius 3 is 0.814 bits per heavy atom. The zero-order valence-corrected chi connectivity index (χ0v) is 38.6. The lowest BCUT2D eigenvalue weighted by atomic mass is 9.50. The molecule has 0 aromatic heterocycles. The number of ether oxygens (including phenoxy) is 12. The molecule has 2 rings (SSSR count). The molecule has 0 bridgehead atoms. The van der Waals surface area contributed by atoms with Crippen LogP contribution in [-0.2, 0) is 66.4 Å². The fourth-order valence-electron chi connectivity index (χ4n) is 9.59. The molecule has 2 aliphatic rings. The molecule has 0 fully saturated rings. The summed E-state index contributed by atoms with van der Waals surface area (Å²) in [5.41, 5.74) is -9.53. The molecule has 0 aliphatic heterocycles. The summed E-state index contributed by atoms with van der Waals surface area (Å²) < 4.78 is 83.0. The summed E-state index contributed by atoms with van der Waals surface area (Å²) in [6.07, 6.45) is 8.90. The number of ketones is 2. The first-order chi connectivity index (χ1) is 28.1. The van der Waals surface area contributed by atoms with Gasteiger partial charge in [0.25, 0.3) is 23.1 Å². The third-order valence-corrected chi connectivity index (χ3v) is 11.2. The van der Waals surface area contributed by atoms with Gasteiger partial charge in [-0.2, -0.15) is 0 Å². The second-order valence-electron chi connectivity index (χ2n) is 14.0. The first kappa shape index (κ1) is 53.0. The van der Waals surface area contributed by atoms with Crippen molar-refractivity contribution in [3.05, 3.63) is 49.6 Å². The van der Waals surface area contributed by atoms with Gasteiger partial charge >= 0.3 is 0 Å². The molecule has 4 unspecified atom stereocenters. The normalized spacial score (nSPS) is 28.0. The SMILES string of the molecule is C=CC(=O)C1(OCC)C=CC(OCC)(C(C)(C)C2(OCC)C=CC(OCC)(C(=O)C=C)C(OCC)(OCC)C2(OCC)OCC)C(OCC)(OCC)C1(OCC)OCC. The minimum absolute atomic E-state index is 0.00772. The molecule has 0 aromatic carbocycles. The molecular weight excluding hydrogens is 764 g/mol. The maximum atomic E-state index is 14.6. The van der Waals surface area contributed by atoms with Crippen molar-refractivity contribution < 1.29 is 66.4 Å². The van der Waals surface area contributed by atoms with E-state index >= 15 is 0 Å². The average molecular weight is 841 g/mol. The Labute approximate surface area is 354 Å². The van der Waals surface area contributed by atoms with Crippen molar-refractivity contribution in [2.24, 2.45) is 5.41 Å². The van der Waals surface area contributed by atoms with Crippen LogP contribution in [0.5, 0.6) is 0 Å². The van der Waals surface area contributed by atoms with Crippen LogP contribution in [0.1, 0.15) is 96.9 Å². The summed E-state index contributed by atoms with van der Waals surface area (Å²) in [5, 5.41) is 0. The molecule has 14 nitrogen and oxygen atoms in total. The standard InChI is InChI=1S/C45H76O14/c1-17-35(46)38(48-19-3)31-33-40(50-21-5,44(56-27-11,57-28-12)42(38,52-23-7)53-24-8)37(15,16)41(51-22-6)34-32-39(49-20-4,36(47)18-2)43(54-25-9,55-26-10)45(41,58-29-13)59-30-14/h17-18,31-34H,1-2,19-30H2,3-16H3. The largest absolute Gasteiger partial charge is 0.365 e. The van der Waals surface area contributed by atoms with Crippen molar-refractivity contribution in [2.45, 2.75) is 142 Å². The van der Waals surface area contributed by atoms with E-state index < -0.39 is 62.5 Å². The van der Waals surface area contributed by atoms with Crippen LogP contribution in [0.25, 0.3) is 0 Å². The van der Waals surface area contributed by atoms with Crippen LogP contribution >= 0.6 is 0 Å². The van der Waals surface area contributed by atoms with Crippen molar-refractivity contribution >= 4 is 11.6 Å². The number of carbonyl (C=O) groups excluding carboxylic acids is 2. The molecule has 14 heteroatoms. The van der Waals surface area contributed by atoms with E-state index in [-0.39, 0.29) is 79.3 Å². The molecule has 0 saturated heterocycles. The molecule has 4 atom stereocenters. The van der Waals surface area contributed by atoms with Gasteiger partial charge in [-0.15, -0.1) is 0 Å². The highest BCUT2D eigenvalue weighted by atomic mass is 16.8. The highest BCUT2D eigenvalue weighted by Gasteiger charge is 2.89. The Morgan fingerprint density at radius 1 is 0.390 bits per heavy atom. The van der Waals surface area contributed by atoms with Gasteiger partial charge in [-0.05, 0) is 120 Å². The summed E-state index contributed by atoms with van der Waals surface area (Å²) in [5.74, 6) is -10.1. The number of carbonyl (C=O) groups is 2. The highest BCUT2D eigenvalue weighted by Crippen LogP contribution is 2.68. The second kappa shape index (κ2) is 21.8. The van der Waals surface area contributed by atoms with Crippen LogP contribution in [0.15, 0.2) is 49.6 Å². The van der Waals surface area contributed by atoms with Crippen molar-refractivity contribution in [3.8, 4) is 0 Å². The van der Waals surface area contributed by atoms with E-state index in [0.29, 0.717) is 0 Å². The van der Waals surface area contributed by atoms with Gasteiger partial charge in [0.15, 0.2) is 22.8 Å². The molecule has 0 aromatic rings. The smallest absolute Gasteiger partial charge is 0.268 e. The molecule has 0 spiro atoms. The van der Waals surface area contributed by atoms with Gasteiger partial charge in [-0.3, -0.25) is 9.59 Å². The molecule has 0 amide bonds. The lowest BCUT2D eigenvalue weighted by Gasteiger charge is -2.71. The van der Waals surface area contributed by atoms with Crippen LogP contribution < -0.4 is 0 Å². The Bertz CT molecular complexity index is 1310. The Balaban J connectivity index is 3.77. The molecule has 59 heavy (non-hydrogen) atoms. The van der Waals surface area contributed by atoms with E-state index in [4.69, 9.17) is 56.8 Å². The Hall–Kier alpha value is -2.18. The van der Waals surface area contributed by atoms with Gasteiger partial charge in [0.05, 0.1) is 0 Å². The minimum Gasteiger partial charge on any atom is -0.365 e. The van der Waals surface area contributed by atoms with Crippen LogP contribution in [-0.4, -0.2) is 136 Å². The van der Waals surface area contributed by atoms with E-state index in [1.54, 1.807) is 93.5 Å². The summed E-state index contributed by atoms with van der Waals surface area (Å²) in [4.78, 5) is 29.2. The average Bonchev–Trinajstić information content (AvgIpc) is 3.20. The fourth-order valence-corrected chi connectivity index (χ4v) is 9.59. The first-order valence-corrected chi connectivity index (χ1v) is 21.5. The Morgan fingerprint density at radius 2 is 0.610 bits per heavy atom. The van der Waals surface area contributed by atoms with Crippen molar-refractivity contribution in [1.82, 2.24) is 0 Å². The summed E-state index contributed by atoms with van der Waals surface area (Å²) in [6.45, 7) is 33.2. The summed E-state index contributed by atoms with van der Waals surface area (Å²) in [7, 11) is 0. The van der Waals surface area contributed by atoms with Gasteiger partial charge in [0.2, 0.25) is 11.2 Å². The van der Waals surface area contributed by atoms with Crippen molar-refractivity contribution in [2.75, 3.05) is 79.3 Å². The topological polar surface area (TPSA) is 145 Å². The van der Waals surface area contributed by atoms with E-state index in [1.165, 1.54) is 0 Å². The van der Waals surface area contributed by atoms with Gasteiger partial charge in [-0.1, -0.05) is 27.0 Å². The molecule has 0 heterocycles. The van der Waals surface area contributed by atoms with Gasteiger partial charge in [-0.25, -0.2) is 0 Å². The lowest BCUT2D eigenvalue weighted by molar-refractivity contribution is -0.514. The predicted molar refractivity (Wildman–Crippen MR) is 224 cm³/mol. The van der Waals surface area contributed by atoms with Crippen LogP contribution in [0, 0.1) is 5.41 Å². The highest BCUT2D eigenvalue weighted by molar-refractivity contribution is 6.00. The van der Waals surface area contributed by atoms with E-state index in [1.807, 2.05) is 27.7 Å². The number of hydrogen-bond donors (Lipinski definition) is 0. The summed E-state index contributed by atoms with van der Waals surface area (Å²) >= 11 is 0. The monoisotopic (exact) mass is 841 g/mol. The molecule has 0 N–H and O–H groups in total. The van der Waals surface area contributed by atoms with Crippen LogP contribution in [0.3, 0.4) is 0 Å². The fraction of sp³-hybridized carbons (Fsp3) is 0.778. The molecule has 0 radical (unpaired) electrons. The zero-order chi connectivity index (χ0) is 44.9. The maximum Gasteiger partial charge on any atom is 0.268 e. The van der Waals surface area contributed by atoms with Gasteiger partial charge in [0, 0.05) is 84.7 Å². The number of hydrogen-bond acceptors (Lipinski definition) is 14. The Kier molecular flexibility index (Phi) is 19.5. The number of rotatable bonds is 30. The van der Waals surface area contributed by atoms with E-state index in [0.717, 1.165) is 12.2 Å². The maximum absolute atomic E-state index is 14.6. The lowest BCUT2D eigenvalue weighted by Crippen LogP contribution is -2.91. The second-order valence-corrected chi connectivity index (χ2v) is 14.0. The predicted octanol–water partition coefficient (Wildman–Crippen LogP) is 6.84. The molecule has 0 saturated carbocycles. The minimum atomic E-state index is -2.24. The van der Waals surface area contributed by atoms with E-state index in [2.05, 4.69) is 13.2 Å². The molecular formula is C45H76O14. The van der Waals surface area contributed by atoms with Crippen LogP contribution in [0.4, 0.5) is 0 Å². The third kappa shape index (κ3) is 7.40. The van der Waals surface area contributed by atoms with Crippen molar-refractivity contribution in [3.63, 3.8) is 0 Å². The quantitative estimate of drug-likeness (QED) is 0.0423. The van der Waals surface area contributed by atoms with Gasteiger partial charge in [0.1, 0.15) is 0 Å². The third-order valence-electron chi connectivity index (χ3n) is 11.2. The first-order valence-electron chi connectivity index (χ1n) is 21.5. The van der Waals surface area contributed by atoms with E-state index in [9.17, 15) is 9.59 Å². The summed E-state index contributed by atoms with van der Waals surface area (Å²) in [6, 6.07) is 0.